The van der Waals surface area contributed by atoms with Crippen molar-refractivity contribution in [1.29, 1.82) is 0 Å². The van der Waals surface area contributed by atoms with Crippen molar-refractivity contribution in [1.82, 2.24) is 5.16 Å². The molecule has 104 valence electrons. The summed E-state index contributed by atoms with van der Waals surface area (Å²) in [6, 6.07) is 8.29. The van der Waals surface area contributed by atoms with Crippen molar-refractivity contribution < 1.29 is 4.52 Å². The van der Waals surface area contributed by atoms with Gasteiger partial charge >= 0.3 is 0 Å². The predicted molar refractivity (Wildman–Crippen MR) is 78.1 cm³/mol. The molecule has 0 amide bonds. The Labute approximate surface area is 118 Å². The summed E-state index contributed by atoms with van der Waals surface area (Å²) in [5.41, 5.74) is 12.3. The fraction of sp³-hybridized carbons (Fsp3) is 0.400. The van der Waals surface area contributed by atoms with Crippen molar-refractivity contribution in [3.63, 3.8) is 0 Å². The Hall–Kier alpha value is -2.26. The molecule has 1 heterocycles. The lowest BCUT2D eigenvalue weighted by molar-refractivity contribution is 0.398. The number of azide groups is 1. The smallest absolute Gasteiger partial charge is 0.137 e. The molecule has 5 nitrogen and oxygen atoms in total. The van der Waals surface area contributed by atoms with Gasteiger partial charge in [-0.1, -0.05) is 48.4 Å². The number of benzene rings is 1. The van der Waals surface area contributed by atoms with Crippen LogP contribution in [0.15, 0.2) is 33.9 Å². The molecule has 2 rings (SSSR count). The molecule has 1 aromatic carbocycles. The average Bonchev–Trinajstić information content (AvgIpc) is 2.78. The molecule has 0 aliphatic rings. The van der Waals surface area contributed by atoms with E-state index < -0.39 is 0 Å². The van der Waals surface area contributed by atoms with E-state index in [1.807, 2.05) is 19.1 Å². The largest absolute Gasteiger partial charge is 0.361 e. The molecule has 0 unspecified atom stereocenters. The van der Waals surface area contributed by atoms with E-state index in [1.165, 1.54) is 5.56 Å². The minimum atomic E-state index is 0.259. The molecule has 0 aliphatic heterocycles. The molecule has 0 N–H and O–H groups in total. The van der Waals surface area contributed by atoms with Gasteiger partial charge in [-0.2, -0.15) is 0 Å². The fourth-order valence-electron chi connectivity index (χ4n) is 2.18. The van der Waals surface area contributed by atoms with E-state index in [4.69, 9.17) is 10.1 Å². The normalized spacial score (nSPS) is 10.6. The predicted octanol–water partition coefficient (Wildman–Crippen LogP) is 4.66. The van der Waals surface area contributed by atoms with Crippen LogP contribution < -0.4 is 0 Å². The lowest BCUT2D eigenvalue weighted by Gasteiger charge is -2.06. The molecule has 1 aromatic heterocycles. The van der Waals surface area contributed by atoms with Crippen LogP contribution in [0.1, 0.15) is 30.7 Å². The second kappa shape index (κ2) is 6.26. The molecular formula is C15H18N4O. The Morgan fingerprint density at radius 3 is 2.60 bits per heavy atom. The van der Waals surface area contributed by atoms with Crippen LogP contribution in [0.2, 0.25) is 0 Å². The maximum atomic E-state index is 8.45. The molecule has 0 bridgehead atoms. The van der Waals surface area contributed by atoms with Crippen LogP contribution >= 0.6 is 0 Å². The van der Waals surface area contributed by atoms with Crippen molar-refractivity contribution >= 4 is 0 Å². The standard InChI is InChI=1S/C15H18N4O/c1-10(2)8-12-4-6-13(7-5-12)15-14(9-17-19-16)11(3)20-18-15/h4-7,10H,8-9H2,1-3H3. The molecule has 0 spiro atoms. The first-order valence-corrected chi connectivity index (χ1v) is 6.67. The van der Waals surface area contributed by atoms with E-state index in [1.54, 1.807) is 0 Å². The third-order valence-electron chi connectivity index (χ3n) is 3.15. The molecule has 5 heteroatoms. The third kappa shape index (κ3) is 3.19. The van der Waals surface area contributed by atoms with E-state index in [2.05, 4.69) is 41.2 Å². The van der Waals surface area contributed by atoms with Gasteiger partial charge in [0.25, 0.3) is 0 Å². The Bertz CT molecular complexity index is 622. The molecule has 0 radical (unpaired) electrons. The van der Waals surface area contributed by atoms with Crippen molar-refractivity contribution in [2.75, 3.05) is 0 Å². The molecule has 2 aromatic rings. The summed E-state index contributed by atoms with van der Waals surface area (Å²) in [4.78, 5) is 2.79. The van der Waals surface area contributed by atoms with Crippen molar-refractivity contribution in [3.8, 4) is 11.3 Å². The summed E-state index contributed by atoms with van der Waals surface area (Å²) in [6.45, 7) is 6.49. The second-order valence-corrected chi connectivity index (χ2v) is 5.25. The number of aryl methyl sites for hydroxylation is 1. The highest BCUT2D eigenvalue weighted by Crippen LogP contribution is 2.26. The lowest BCUT2D eigenvalue weighted by atomic mass is 10.00. The highest BCUT2D eigenvalue weighted by atomic mass is 16.5. The summed E-state index contributed by atoms with van der Waals surface area (Å²) in [7, 11) is 0. The van der Waals surface area contributed by atoms with Crippen LogP contribution in [0, 0.1) is 12.8 Å². The van der Waals surface area contributed by atoms with Gasteiger partial charge in [0.1, 0.15) is 11.5 Å². The quantitative estimate of drug-likeness (QED) is 0.450. The van der Waals surface area contributed by atoms with Crippen LogP contribution in [0.3, 0.4) is 0 Å². The lowest BCUT2D eigenvalue weighted by Crippen LogP contribution is -1.94. The van der Waals surface area contributed by atoms with Crippen LogP contribution in [0.25, 0.3) is 21.7 Å². The number of nitrogens with zero attached hydrogens (tertiary/aromatic N) is 4. The number of aromatic nitrogens is 1. The van der Waals surface area contributed by atoms with Crippen LogP contribution in [0.5, 0.6) is 0 Å². The van der Waals surface area contributed by atoms with E-state index in [-0.39, 0.29) is 6.54 Å². The van der Waals surface area contributed by atoms with Gasteiger partial charge < -0.3 is 4.52 Å². The Morgan fingerprint density at radius 2 is 2.00 bits per heavy atom. The minimum absolute atomic E-state index is 0.259. The monoisotopic (exact) mass is 270 g/mol. The maximum Gasteiger partial charge on any atom is 0.137 e. The Kier molecular flexibility index (Phi) is 4.43. The Morgan fingerprint density at radius 1 is 1.30 bits per heavy atom. The van der Waals surface area contributed by atoms with Gasteiger partial charge in [0.05, 0.1) is 6.54 Å². The molecule has 0 saturated heterocycles. The van der Waals surface area contributed by atoms with Crippen molar-refractivity contribution in [2.45, 2.75) is 33.7 Å². The first-order valence-electron chi connectivity index (χ1n) is 6.67. The van der Waals surface area contributed by atoms with Crippen LogP contribution in [0.4, 0.5) is 0 Å². The molecular weight excluding hydrogens is 252 g/mol. The molecule has 0 atom stereocenters. The highest BCUT2D eigenvalue weighted by molar-refractivity contribution is 5.63. The summed E-state index contributed by atoms with van der Waals surface area (Å²) in [6.07, 6.45) is 1.06. The molecule has 0 aliphatic carbocycles. The zero-order chi connectivity index (χ0) is 14.5. The van der Waals surface area contributed by atoms with Crippen molar-refractivity contribution in [2.24, 2.45) is 11.0 Å². The minimum Gasteiger partial charge on any atom is -0.361 e. The topological polar surface area (TPSA) is 74.8 Å². The zero-order valence-corrected chi connectivity index (χ0v) is 12.0. The number of hydrogen-bond donors (Lipinski definition) is 0. The van der Waals surface area contributed by atoms with Gasteiger partial charge in [0.2, 0.25) is 0 Å². The average molecular weight is 270 g/mol. The summed E-state index contributed by atoms with van der Waals surface area (Å²) in [5, 5.41) is 7.67. The van der Waals surface area contributed by atoms with Crippen molar-refractivity contribution in [3.05, 3.63) is 51.6 Å². The van der Waals surface area contributed by atoms with Gasteiger partial charge in [-0.25, -0.2) is 0 Å². The highest BCUT2D eigenvalue weighted by Gasteiger charge is 2.13. The third-order valence-corrected chi connectivity index (χ3v) is 3.15. The number of hydrogen-bond acceptors (Lipinski definition) is 3. The van der Waals surface area contributed by atoms with Gasteiger partial charge in [0.15, 0.2) is 0 Å². The first-order chi connectivity index (χ1) is 9.61. The molecule has 0 fully saturated rings. The summed E-state index contributed by atoms with van der Waals surface area (Å²) >= 11 is 0. The Balaban J connectivity index is 2.29. The van der Waals surface area contributed by atoms with Gasteiger partial charge in [0, 0.05) is 16.0 Å². The first kappa shape index (κ1) is 14.2. The van der Waals surface area contributed by atoms with E-state index in [9.17, 15) is 0 Å². The molecule has 20 heavy (non-hydrogen) atoms. The van der Waals surface area contributed by atoms with E-state index in [0.717, 1.165) is 23.2 Å². The maximum absolute atomic E-state index is 8.45. The van der Waals surface area contributed by atoms with E-state index >= 15 is 0 Å². The van der Waals surface area contributed by atoms with Gasteiger partial charge in [-0.05, 0) is 30.4 Å². The van der Waals surface area contributed by atoms with Crippen LogP contribution in [-0.4, -0.2) is 5.16 Å². The van der Waals surface area contributed by atoms with Gasteiger partial charge in [-0.3, -0.25) is 0 Å². The van der Waals surface area contributed by atoms with Gasteiger partial charge in [-0.15, -0.1) is 0 Å². The van der Waals surface area contributed by atoms with Crippen LogP contribution in [-0.2, 0) is 13.0 Å². The summed E-state index contributed by atoms with van der Waals surface area (Å²) < 4.78 is 5.21. The fourth-order valence-corrected chi connectivity index (χ4v) is 2.18. The summed E-state index contributed by atoms with van der Waals surface area (Å²) in [5.74, 6) is 1.33. The molecule has 0 saturated carbocycles. The second-order valence-electron chi connectivity index (χ2n) is 5.25. The number of rotatable bonds is 5. The van der Waals surface area contributed by atoms with E-state index in [0.29, 0.717) is 11.7 Å². The zero-order valence-electron chi connectivity index (χ0n) is 12.0. The SMILES string of the molecule is Cc1onc(-c2ccc(CC(C)C)cc2)c1CN=[N+]=[N-].